The minimum atomic E-state index is -4.04. The quantitative estimate of drug-likeness (QED) is 0.764. The van der Waals surface area contributed by atoms with Gasteiger partial charge in [0.1, 0.15) is 28.0 Å². The van der Waals surface area contributed by atoms with Crippen molar-refractivity contribution in [2.45, 2.75) is 4.90 Å². The maximum absolute atomic E-state index is 13.6. The molecule has 3 rings (SSSR count). The summed E-state index contributed by atoms with van der Waals surface area (Å²) in [6.07, 6.45) is 1.38. The van der Waals surface area contributed by atoms with Crippen LogP contribution in [0.5, 0.6) is 11.5 Å². The number of benzene rings is 2. The highest BCUT2D eigenvalue weighted by molar-refractivity contribution is 7.92. The molecule has 0 saturated carbocycles. The maximum atomic E-state index is 13.6. The van der Waals surface area contributed by atoms with Gasteiger partial charge in [-0.15, -0.1) is 0 Å². The van der Waals surface area contributed by atoms with Gasteiger partial charge in [0, 0.05) is 0 Å². The number of sulfonamides is 1. The number of hydrogen-bond acceptors (Lipinski definition) is 4. The number of nitrogens with zero attached hydrogens (tertiary/aromatic N) is 1. The van der Waals surface area contributed by atoms with Gasteiger partial charge in [0.25, 0.3) is 10.0 Å². The molecular formula is C17H13FN2O3S. The van der Waals surface area contributed by atoms with Crippen molar-refractivity contribution in [3.05, 3.63) is 78.7 Å². The molecule has 1 N–H and O–H groups in total. The Kier molecular flexibility index (Phi) is 4.43. The zero-order valence-electron chi connectivity index (χ0n) is 12.4. The lowest BCUT2D eigenvalue weighted by Crippen LogP contribution is -2.15. The molecule has 0 aliphatic heterocycles. The van der Waals surface area contributed by atoms with Crippen molar-refractivity contribution in [1.82, 2.24) is 4.98 Å². The Morgan fingerprint density at radius 1 is 0.875 bits per heavy atom. The molecule has 7 heteroatoms. The van der Waals surface area contributed by atoms with Crippen LogP contribution in [0.1, 0.15) is 0 Å². The third-order valence-electron chi connectivity index (χ3n) is 3.08. The van der Waals surface area contributed by atoms with E-state index >= 15 is 0 Å². The fourth-order valence-corrected chi connectivity index (χ4v) is 3.07. The Morgan fingerprint density at radius 3 is 2.25 bits per heavy atom. The predicted molar refractivity (Wildman–Crippen MR) is 88.0 cm³/mol. The van der Waals surface area contributed by atoms with Crippen LogP contribution in [-0.2, 0) is 10.0 Å². The molecule has 1 heterocycles. The minimum absolute atomic E-state index is 0.0682. The first-order valence-electron chi connectivity index (χ1n) is 7.01. The van der Waals surface area contributed by atoms with E-state index in [9.17, 15) is 12.8 Å². The number of halogens is 1. The molecule has 24 heavy (non-hydrogen) atoms. The summed E-state index contributed by atoms with van der Waals surface area (Å²) in [6.45, 7) is 0. The molecule has 0 unspecified atom stereocenters. The van der Waals surface area contributed by atoms with E-state index in [0.717, 1.165) is 6.07 Å². The van der Waals surface area contributed by atoms with Crippen LogP contribution in [0, 0.1) is 5.82 Å². The number of rotatable bonds is 5. The number of aromatic nitrogens is 1. The van der Waals surface area contributed by atoms with Crippen LogP contribution in [-0.4, -0.2) is 13.4 Å². The van der Waals surface area contributed by atoms with Crippen LogP contribution in [0.4, 0.5) is 10.2 Å². The van der Waals surface area contributed by atoms with Gasteiger partial charge in [-0.1, -0.05) is 30.3 Å². The number of pyridine rings is 1. The van der Waals surface area contributed by atoms with E-state index in [2.05, 4.69) is 9.71 Å². The summed E-state index contributed by atoms with van der Waals surface area (Å²) in [5.41, 5.74) is 0. The molecule has 0 saturated heterocycles. The lowest BCUT2D eigenvalue weighted by Gasteiger charge is -2.09. The SMILES string of the molecule is O=S(=O)(Nc1ccc(Oc2ccccc2)cn1)c1ccccc1F. The van der Waals surface area contributed by atoms with Gasteiger partial charge in [-0.05, 0) is 36.4 Å². The summed E-state index contributed by atoms with van der Waals surface area (Å²) in [6, 6.07) is 17.2. The molecule has 122 valence electrons. The molecule has 3 aromatic rings. The van der Waals surface area contributed by atoms with Gasteiger partial charge < -0.3 is 4.74 Å². The maximum Gasteiger partial charge on any atom is 0.265 e. The summed E-state index contributed by atoms with van der Waals surface area (Å²) in [5.74, 6) is 0.335. The minimum Gasteiger partial charge on any atom is -0.456 e. The van der Waals surface area contributed by atoms with Crippen molar-refractivity contribution in [1.29, 1.82) is 0 Å². The Hall–Kier alpha value is -2.93. The normalized spacial score (nSPS) is 11.0. The van der Waals surface area contributed by atoms with Gasteiger partial charge >= 0.3 is 0 Å². The second-order valence-electron chi connectivity index (χ2n) is 4.83. The molecule has 0 radical (unpaired) electrons. The third kappa shape index (κ3) is 3.69. The highest BCUT2D eigenvalue weighted by Gasteiger charge is 2.18. The second-order valence-corrected chi connectivity index (χ2v) is 6.48. The zero-order chi connectivity index (χ0) is 17.0. The zero-order valence-corrected chi connectivity index (χ0v) is 13.2. The van der Waals surface area contributed by atoms with Crippen molar-refractivity contribution in [3.63, 3.8) is 0 Å². The van der Waals surface area contributed by atoms with Gasteiger partial charge in [-0.2, -0.15) is 0 Å². The van der Waals surface area contributed by atoms with E-state index in [4.69, 9.17) is 4.74 Å². The van der Waals surface area contributed by atoms with Gasteiger partial charge in [0.2, 0.25) is 0 Å². The molecule has 5 nitrogen and oxygen atoms in total. The van der Waals surface area contributed by atoms with Crippen LogP contribution in [0.25, 0.3) is 0 Å². The molecule has 1 aromatic heterocycles. The topological polar surface area (TPSA) is 68.3 Å². The van der Waals surface area contributed by atoms with Gasteiger partial charge in [-0.25, -0.2) is 17.8 Å². The number of para-hydroxylation sites is 1. The van der Waals surface area contributed by atoms with E-state index in [0.29, 0.717) is 11.5 Å². The van der Waals surface area contributed by atoms with Crippen molar-refractivity contribution in [2.75, 3.05) is 4.72 Å². The van der Waals surface area contributed by atoms with E-state index in [1.165, 1.54) is 30.5 Å². The van der Waals surface area contributed by atoms with Crippen molar-refractivity contribution in [3.8, 4) is 11.5 Å². The number of hydrogen-bond donors (Lipinski definition) is 1. The molecule has 0 aliphatic carbocycles. The fraction of sp³-hybridized carbons (Fsp3) is 0. The highest BCUT2D eigenvalue weighted by atomic mass is 32.2. The Balaban J connectivity index is 1.76. The van der Waals surface area contributed by atoms with Crippen LogP contribution in [0.2, 0.25) is 0 Å². The molecule has 0 amide bonds. The van der Waals surface area contributed by atoms with E-state index in [-0.39, 0.29) is 5.82 Å². The first-order valence-corrected chi connectivity index (χ1v) is 8.49. The molecule has 0 atom stereocenters. The lowest BCUT2D eigenvalue weighted by atomic mass is 10.3. The smallest absolute Gasteiger partial charge is 0.265 e. The summed E-state index contributed by atoms with van der Waals surface area (Å²) < 4.78 is 45.8. The monoisotopic (exact) mass is 344 g/mol. The van der Waals surface area contributed by atoms with Gasteiger partial charge in [0.15, 0.2) is 0 Å². The molecule has 2 aromatic carbocycles. The van der Waals surface area contributed by atoms with Crippen LogP contribution < -0.4 is 9.46 Å². The first-order chi connectivity index (χ1) is 11.5. The van der Waals surface area contributed by atoms with Crippen molar-refractivity contribution in [2.24, 2.45) is 0 Å². The van der Waals surface area contributed by atoms with Gasteiger partial charge in [0.05, 0.1) is 6.20 Å². The standard InChI is InChI=1S/C17H13FN2O3S/c18-15-8-4-5-9-16(15)24(21,22)20-17-11-10-14(12-19-17)23-13-6-2-1-3-7-13/h1-12H,(H,19,20). The summed E-state index contributed by atoms with van der Waals surface area (Å²) in [4.78, 5) is 3.54. The molecule has 0 bridgehead atoms. The average molecular weight is 344 g/mol. The predicted octanol–water partition coefficient (Wildman–Crippen LogP) is 3.81. The van der Waals surface area contributed by atoms with Crippen LogP contribution in [0.15, 0.2) is 77.8 Å². The lowest BCUT2D eigenvalue weighted by molar-refractivity contribution is 0.480. The molecule has 0 spiro atoms. The summed E-state index contributed by atoms with van der Waals surface area (Å²) in [7, 11) is -4.04. The van der Waals surface area contributed by atoms with Crippen molar-refractivity contribution >= 4 is 15.8 Å². The summed E-state index contributed by atoms with van der Waals surface area (Å²) >= 11 is 0. The Labute approximate surface area is 138 Å². The Morgan fingerprint density at radius 2 is 1.58 bits per heavy atom. The Bertz CT molecular complexity index is 930. The second kappa shape index (κ2) is 6.67. The molecular weight excluding hydrogens is 331 g/mol. The number of nitrogens with one attached hydrogen (secondary N) is 1. The molecule has 0 aliphatic rings. The van der Waals surface area contributed by atoms with E-state index in [1.807, 2.05) is 18.2 Å². The van der Waals surface area contributed by atoms with Crippen molar-refractivity contribution < 1.29 is 17.5 Å². The first kappa shape index (κ1) is 15.9. The largest absolute Gasteiger partial charge is 0.456 e. The summed E-state index contributed by atoms with van der Waals surface area (Å²) in [5, 5.41) is 0. The van der Waals surface area contributed by atoms with E-state index < -0.39 is 20.7 Å². The fourth-order valence-electron chi connectivity index (χ4n) is 1.98. The average Bonchev–Trinajstić information content (AvgIpc) is 2.58. The third-order valence-corrected chi connectivity index (χ3v) is 4.47. The van der Waals surface area contributed by atoms with Crippen LogP contribution >= 0.6 is 0 Å². The van der Waals surface area contributed by atoms with Gasteiger partial charge in [-0.3, -0.25) is 4.72 Å². The molecule has 0 fully saturated rings. The number of anilines is 1. The van der Waals surface area contributed by atoms with Crippen LogP contribution in [0.3, 0.4) is 0 Å². The number of ether oxygens (including phenoxy) is 1. The highest BCUT2D eigenvalue weighted by Crippen LogP contribution is 2.22. The van der Waals surface area contributed by atoms with E-state index in [1.54, 1.807) is 18.2 Å².